The smallest absolute Gasteiger partial charge is 0.266 e. The van der Waals surface area contributed by atoms with E-state index in [1.807, 2.05) is 48.5 Å². The van der Waals surface area contributed by atoms with E-state index in [9.17, 15) is 4.79 Å². The summed E-state index contributed by atoms with van der Waals surface area (Å²) in [7, 11) is 0. The van der Waals surface area contributed by atoms with Crippen molar-refractivity contribution in [1.29, 1.82) is 0 Å². The minimum Gasteiger partial charge on any atom is -0.480 e. The van der Waals surface area contributed by atoms with Crippen molar-refractivity contribution in [1.82, 2.24) is 4.90 Å². The van der Waals surface area contributed by atoms with Crippen molar-refractivity contribution in [3.05, 3.63) is 82.3 Å². The maximum atomic E-state index is 13.0. The van der Waals surface area contributed by atoms with Gasteiger partial charge in [-0.3, -0.25) is 9.69 Å². The highest BCUT2D eigenvalue weighted by molar-refractivity contribution is 8.26. The molecule has 2 aromatic rings. The number of nitrogens with zero attached hydrogens (tertiary/aromatic N) is 1. The van der Waals surface area contributed by atoms with Crippen LogP contribution in [0, 0.1) is 0 Å². The Morgan fingerprint density at radius 3 is 2.66 bits per heavy atom. The second-order valence-corrected chi connectivity index (χ2v) is 8.81. The molecular formula is C24H23NO2S2. The van der Waals surface area contributed by atoms with Gasteiger partial charge in [0.25, 0.3) is 5.91 Å². The molecule has 5 heteroatoms. The topological polar surface area (TPSA) is 29.5 Å². The van der Waals surface area contributed by atoms with E-state index in [0.717, 1.165) is 41.7 Å². The van der Waals surface area contributed by atoms with E-state index in [-0.39, 0.29) is 12.0 Å². The van der Waals surface area contributed by atoms with Gasteiger partial charge in [-0.05, 0) is 35.8 Å². The van der Waals surface area contributed by atoms with Gasteiger partial charge in [0.05, 0.1) is 4.91 Å². The Bertz CT molecular complexity index is 981. The second-order valence-electron chi connectivity index (χ2n) is 7.13. The van der Waals surface area contributed by atoms with E-state index in [1.165, 1.54) is 11.8 Å². The standard InChI is InChI=1S/C24H23NO2S2/c1-2-3-9-14-25-23(26)21(29-24(25)28)16-19-15-18-12-7-8-13-20(18)27-22(19)17-10-5-4-6-11-17/h4-8,10-13,15-16,22H,2-3,9,14H2,1H3. The van der Waals surface area contributed by atoms with Gasteiger partial charge in [0, 0.05) is 12.1 Å². The SMILES string of the molecule is CCCCCN1C(=O)C(=CC2=Cc3ccccc3OC2c2ccccc2)SC1=S. The second kappa shape index (κ2) is 8.97. The third kappa shape index (κ3) is 4.31. The molecule has 148 valence electrons. The zero-order chi connectivity index (χ0) is 20.2. The number of amides is 1. The average Bonchev–Trinajstić information content (AvgIpc) is 3.01. The lowest BCUT2D eigenvalue weighted by Crippen LogP contribution is -2.29. The lowest BCUT2D eigenvalue weighted by Gasteiger charge is -2.26. The number of carbonyl (C=O) groups is 1. The Hall–Kier alpha value is -2.37. The van der Waals surface area contributed by atoms with Crippen molar-refractivity contribution in [3.63, 3.8) is 0 Å². The van der Waals surface area contributed by atoms with Crippen LogP contribution < -0.4 is 4.74 Å². The molecule has 4 rings (SSSR count). The summed E-state index contributed by atoms with van der Waals surface area (Å²) < 4.78 is 6.97. The van der Waals surface area contributed by atoms with E-state index in [1.54, 1.807) is 4.90 Å². The fourth-order valence-electron chi connectivity index (χ4n) is 3.53. The number of ether oxygens (including phenoxy) is 1. The first-order chi connectivity index (χ1) is 14.2. The number of para-hydroxylation sites is 1. The van der Waals surface area contributed by atoms with Crippen molar-refractivity contribution >= 4 is 40.3 Å². The van der Waals surface area contributed by atoms with Crippen molar-refractivity contribution in [3.8, 4) is 5.75 Å². The van der Waals surface area contributed by atoms with Crippen molar-refractivity contribution in [2.24, 2.45) is 0 Å². The number of thioether (sulfide) groups is 1. The molecule has 0 radical (unpaired) electrons. The van der Waals surface area contributed by atoms with Gasteiger partial charge >= 0.3 is 0 Å². The number of thiocarbonyl (C=S) groups is 1. The zero-order valence-corrected chi connectivity index (χ0v) is 18.0. The number of benzene rings is 2. The molecule has 1 amide bonds. The van der Waals surface area contributed by atoms with Crippen molar-refractivity contribution in [2.75, 3.05) is 6.54 Å². The van der Waals surface area contributed by atoms with Gasteiger partial charge < -0.3 is 4.74 Å². The molecule has 2 aliphatic heterocycles. The highest BCUT2D eigenvalue weighted by Gasteiger charge is 2.33. The highest BCUT2D eigenvalue weighted by atomic mass is 32.2. The summed E-state index contributed by atoms with van der Waals surface area (Å²) in [5.74, 6) is 0.855. The molecule has 1 atom stereocenters. The van der Waals surface area contributed by atoms with Gasteiger partial charge in [0.15, 0.2) is 0 Å². The molecule has 1 fully saturated rings. The number of rotatable bonds is 6. The summed E-state index contributed by atoms with van der Waals surface area (Å²) in [4.78, 5) is 15.4. The fraction of sp³-hybridized carbons (Fsp3) is 0.250. The summed E-state index contributed by atoms with van der Waals surface area (Å²) in [6.07, 6.45) is 7.00. The quantitative estimate of drug-likeness (QED) is 0.318. The van der Waals surface area contributed by atoms with Crippen LogP contribution in [0.15, 0.2) is 71.2 Å². The number of hydrogen-bond donors (Lipinski definition) is 0. The van der Waals surface area contributed by atoms with Crippen LogP contribution in [-0.4, -0.2) is 21.7 Å². The Kier molecular flexibility index (Phi) is 6.16. The Labute approximate surface area is 181 Å². The molecule has 2 aliphatic rings. The van der Waals surface area contributed by atoms with Gasteiger partial charge in [0.1, 0.15) is 16.2 Å². The first-order valence-corrected chi connectivity index (χ1v) is 11.2. The minimum atomic E-state index is -0.255. The predicted octanol–water partition coefficient (Wildman–Crippen LogP) is 6.14. The van der Waals surface area contributed by atoms with Gasteiger partial charge in [-0.15, -0.1) is 0 Å². The van der Waals surface area contributed by atoms with Crippen LogP contribution in [0.1, 0.15) is 43.4 Å². The van der Waals surface area contributed by atoms with Crippen LogP contribution in [0.2, 0.25) is 0 Å². The van der Waals surface area contributed by atoms with E-state index >= 15 is 0 Å². The first-order valence-electron chi connectivity index (χ1n) is 9.95. The summed E-state index contributed by atoms with van der Waals surface area (Å²) in [6.45, 7) is 2.84. The zero-order valence-electron chi connectivity index (χ0n) is 16.3. The highest BCUT2D eigenvalue weighted by Crippen LogP contribution is 2.40. The minimum absolute atomic E-state index is 0.00248. The van der Waals surface area contributed by atoms with E-state index in [2.05, 4.69) is 25.1 Å². The number of hydrogen-bond acceptors (Lipinski definition) is 4. The van der Waals surface area contributed by atoms with Crippen LogP contribution in [0.4, 0.5) is 0 Å². The van der Waals surface area contributed by atoms with Crippen LogP contribution in [0.3, 0.4) is 0 Å². The number of carbonyl (C=O) groups excluding carboxylic acids is 1. The number of fused-ring (bicyclic) bond motifs is 1. The van der Waals surface area contributed by atoms with Crippen LogP contribution in [0.5, 0.6) is 5.75 Å². The van der Waals surface area contributed by atoms with Crippen LogP contribution in [-0.2, 0) is 4.79 Å². The van der Waals surface area contributed by atoms with Crippen LogP contribution in [0.25, 0.3) is 6.08 Å². The summed E-state index contributed by atoms with van der Waals surface area (Å²) >= 11 is 6.86. The number of unbranched alkanes of at least 4 members (excludes halogenated alkanes) is 2. The molecule has 0 aliphatic carbocycles. The summed E-state index contributed by atoms with van der Waals surface area (Å²) in [5, 5.41) is 0. The molecule has 1 unspecified atom stereocenters. The molecule has 0 spiro atoms. The molecule has 3 nitrogen and oxygen atoms in total. The molecule has 2 aromatic carbocycles. The first kappa shape index (κ1) is 19.9. The lowest BCUT2D eigenvalue weighted by molar-refractivity contribution is -0.122. The van der Waals surface area contributed by atoms with Gasteiger partial charge in [-0.25, -0.2) is 0 Å². The lowest BCUT2D eigenvalue weighted by atomic mass is 9.95. The third-order valence-electron chi connectivity index (χ3n) is 5.05. The van der Waals surface area contributed by atoms with Crippen LogP contribution >= 0.6 is 24.0 Å². The van der Waals surface area contributed by atoms with Crippen molar-refractivity contribution in [2.45, 2.75) is 32.3 Å². The third-order valence-corrected chi connectivity index (χ3v) is 6.43. The Morgan fingerprint density at radius 2 is 1.86 bits per heavy atom. The van der Waals surface area contributed by atoms with Gasteiger partial charge in [-0.2, -0.15) is 0 Å². The van der Waals surface area contributed by atoms with E-state index < -0.39 is 0 Å². The maximum Gasteiger partial charge on any atom is 0.266 e. The molecule has 0 aromatic heterocycles. The van der Waals surface area contributed by atoms with Crippen molar-refractivity contribution < 1.29 is 9.53 Å². The predicted molar refractivity (Wildman–Crippen MR) is 124 cm³/mol. The maximum absolute atomic E-state index is 13.0. The normalized spacial score (nSPS) is 19.9. The molecular weight excluding hydrogens is 398 g/mol. The largest absolute Gasteiger partial charge is 0.480 e. The monoisotopic (exact) mass is 421 g/mol. The van der Waals surface area contributed by atoms with E-state index in [0.29, 0.717) is 15.8 Å². The molecule has 1 saturated heterocycles. The van der Waals surface area contributed by atoms with Gasteiger partial charge in [-0.1, -0.05) is 92.3 Å². The van der Waals surface area contributed by atoms with Gasteiger partial charge in [0.2, 0.25) is 0 Å². The molecule has 29 heavy (non-hydrogen) atoms. The van der Waals surface area contributed by atoms with E-state index in [4.69, 9.17) is 17.0 Å². The Balaban J connectivity index is 1.66. The molecule has 0 N–H and O–H groups in total. The summed E-state index contributed by atoms with van der Waals surface area (Å²) in [6, 6.07) is 18.1. The Morgan fingerprint density at radius 1 is 1.10 bits per heavy atom. The molecule has 0 bridgehead atoms. The fourth-order valence-corrected chi connectivity index (χ4v) is 4.84. The molecule has 0 saturated carbocycles. The summed E-state index contributed by atoms with van der Waals surface area (Å²) in [5.41, 5.74) is 3.04. The average molecular weight is 422 g/mol. The molecule has 2 heterocycles.